The summed E-state index contributed by atoms with van der Waals surface area (Å²) in [5.41, 5.74) is 0. The molecule has 0 bridgehead atoms. The highest BCUT2D eigenvalue weighted by Crippen LogP contribution is 2.12. The van der Waals surface area contributed by atoms with E-state index in [-0.39, 0.29) is 0 Å². The van der Waals surface area contributed by atoms with Gasteiger partial charge >= 0.3 is 0 Å². The van der Waals surface area contributed by atoms with Gasteiger partial charge in [-0.3, -0.25) is 0 Å². The van der Waals surface area contributed by atoms with Crippen LogP contribution in [0.2, 0.25) is 0 Å². The molecule has 0 spiro atoms. The molecule has 0 aliphatic rings. The Bertz CT molecular complexity index is 180. The van der Waals surface area contributed by atoms with Crippen LogP contribution in [0.15, 0.2) is 12.3 Å². The number of hydrogen-bond donors (Lipinski definition) is 0. The molecule has 114 valence electrons. The van der Waals surface area contributed by atoms with Crippen LogP contribution in [0.4, 0.5) is 0 Å². The molecular weight excluding hydrogens is 256 g/mol. The largest absolute Gasteiger partial charge is 0.505 e. The van der Waals surface area contributed by atoms with Crippen molar-refractivity contribution in [2.24, 2.45) is 0 Å². The lowest BCUT2D eigenvalue weighted by Gasteiger charge is -2.02. The zero-order valence-corrected chi connectivity index (χ0v) is 13.6. The van der Waals surface area contributed by atoms with E-state index in [0.717, 1.165) is 12.3 Å². The standard InChI is InChI=1S/C17H33ClO/c1-19-17-15-13-11-9-7-5-3-2-4-6-8-10-12-14-16-18/h15,17H,2-14,16H2,1H3. The van der Waals surface area contributed by atoms with E-state index in [2.05, 4.69) is 6.08 Å². The smallest absolute Gasteiger partial charge is 0.0784 e. The highest BCUT2D eigenvalue weighted by atomic mass is 35.5. The van der Waals surface area contributed by atoms with Crippen molar-refractivity contribution in [3.8, 4) is 0 Å². The van der Waals surface area contributed by atoms with Gasteiger partial charge < -0.3 is 4.74 Å². The Morgan fingerprint density at radius 1 is 0.684 bits per heavy atom. The maximum atomic E-state index is 5.65. The molecule has 0 aliphatic carbocycles. The van der Waals surface area contributed by atoms with Crippen LogP contribution in [0.3, 0.4) is 0 Å². The molecule has 19 heavy (non-hydrogen) atoms. The predicted octanol–water partition coefficient (Wildman–Crippen LogP) is 6.46. The molecule has 0 aromatic rings. The molecule has 0 radical (unpaired) electrons. The molecule has 0 saturated heterocycles. The molecule has 0 unspecified atom stereocenters. The van der Waals surface area contributed by atoms with E-state index < -0.39 is 0 Å². The summed E-state index contributed by atoms with van der Waals surface area (Å²) < 4.78 is 4.87. The Morgan fingerprint density at radius 2 is 1.11 bits per heavy atom. The zero-order valence-electron chi connectivity index (χ0n) is 12.8. The van der Waals surface area contributed by atoms with Crippen molar-refractivity contribution >= 4 is 11.6 Å². The van der Waals surface area contributed by atoms with Gasteiger partial charge in [-0.2, -0.15) is 0 Å². The minimum atomic E-state index is 0.835. The van der Waals surface area contributed by atoms with Crippen molar-refractivity contribution in [1.82, 2.24) is 0 Å². The molecule has 0 N–H and O–H groups in total. The highest BCUT2D eigenvalue weighted by molar-refractivity contribution is 6.17. The van der Waals surface area contributed by atoms with Crippen LogP contribution in [0.25, 0.3) is 0 Å². The molecule has 0 aromatic heterocycles. The first-order chi connectivity index (χ1) is 9.41. The molecule has 0 atom stereocenters. The highest BCUT2D eigenvalue weighted by Gasteiger charge is 1.93. The topological polar surface area (TPSA) is 9.23 Å². The minimum absolute atomic E-state index is 0.835. The van der Waals surface area contributed by atoms with Gasteiger partial charge in [-0.1, -0.05) is 64.2 Å². The number of ether oxygens (including phenoxy) is 1. The summed E-state index contributed by atoms with van der Waals surface area (Å²) in [6.45, 7) is 0. The van der Waals surface area contributed by atoms with E-state index in [1.165, 1.54) is 77.0 Å². The van der Waals surface area contributed by atoms with Crippen molar-refractivity contribution in [2.75, 3.05) is 13.0 Å². The van der Waals surface area contributed by atoms with Gasteiger partial charge in [-0.25, -0.2) is 0 Å². The second kappa shape index (κ2) is 17.8. The van der Waals surface area contributed by atoms with Crippen molar-refractivity contribution in [2.45, 2.75) is 83.5 Å². The molecule has 0 heterocycles. The summed E-state index contributed by atoms with van der Waals surface area (Å²) in [4.78, 5) is 0. The van der Waals surface area contributed by atoms with E-state index in [4.69, 9.17) is 16.3 Å². The first kappa shape index (κ1) is 18.8. The van der Waals surface area contributed by atoms with Crippen molar-refractivity contribution in [3.63, 3.8) is 0 Å². The Labute approximate surface area is 125 Å². The van der Waals surface area contributed by atoms with Gasteiger partial charge in [0.15, 0.2) is 0 Å². The number of alkyl halides is 1. The molecule has 0 saturated carbocycles. The van der Waals surface area contributed by atoms with Crippen molar-refractivity contribution in [3.05, 3.63) is 12.3 Å². The van der Waals surface area contributed by atoms with Crippen LogP contribution in [0, 0.1) is 0 Å². The molecule has 0 rings (SSSR count). The average molecular weight is 289 g/mol. The molecule has 0 amide bonds. The van der Waals surface area contributed by atoms with Crippen LogP contribution in [0.5, 0.6) is 0 Å². The fourth-order valence-electron chi connectivity index (χ4n) is 2.29. The molecule has 2 heteroatoms. The van der Waals surface area contributed by atoms with Gasteiger partial charge in [0.25, 0.3) is 0 Å². The summed E-state index contributed by atoms with van der Waals surface area (Å²) in [5, 5.41) is 0. The van der Waals surface area contributed by atoms with Crippen LogP contribution in [-0.4, -0.2) is 13.0 Å². The monoisotopic (exact) mass is 288 g/mol. The molecule has 0 fully saturated rings. The lowest BCUT2D eigenvalue weighted by atomic mass is 10.0. The summed E-state index contributed by atoms with van der Waals surface area (Å²) in [7, 11) is 1.70. The average Bonchev–Trinajstić information content (AvgIpc) is 2.43. The van der Waals surface area contributed by atoms with Gasteiger partial charge in [-0.15, -0.1) is 11.6 Å². The normalized spacial score (nSPS) is 11.3. The summed E-state index contributed by atoms with van der Waals surface area (Å²) in [6.07, 6.45) is 21.6. The lowest BCUT2D eigenvalue weighted by Crippen LogP contribution is -1.83. The van der Waals surface area contributed by atoms with Crippen LogP contribution in [0.1, 0.15) is 83.5 Å². The number of halogens is 1. The third-order valence-electron chi connectivity index (χ3n) is 3.49. The quantitative estimate of drug-likeness (QED) is 0.191. The number of rotatable bonds is 15. The fraction of sp³-hybridized carbons (Fsp3) is 0.882. The first-order valence-corrected chi connectivity index (χ1v) is 8.69. The lowest BCUT2D eigenvalue weighted by molar-refractivity contribution is 0.336. The van der Waals surface area contributed by atoms with Gasteiger partial charge in [0.1, 0.15) is 0 Å². The van der Waals surface area contributed by atoms with Crippen LogP contribution >= 0.6 is 11.6 Å². The maximum Gasteiger partial charge on any atom is 0.0784 e. The Hall–Kier alpha value is -0.170. The second-order valence-electron chi connectivity index (χ2n) is 5.33. The zero-order chi connectivity index (χ0) is 14.0. The first-order valence-electron chi connectivity index (χ1n) is 8.15. The van der Waals surface area contributed by atoms with Crippen molar-refractivity contribution < 1.29 is 4.74 Å². The van der Waals surface area contributed by atoms with E-state index in [0.29, 0.717) is 0 Å². The number of methoxy groups -OCH3 is 1. The van der Waals surface area contributed by atoms with E-state index >= 15 is 0 Å². The molecular formula is C17H33ClO. The second-order valence-corrected chi connectivity index (χ2v) is 5.71. The molecule has 0 aliphatic heterocycles. The molecule has 0 aromatic carbocycles. The van der Waals surface area contributed by atoms with E-state index in [1.54, 1.807) is 13.4 Å². The summed E-state index contributed by atoms with van der Waals surface area (Å²) in [5.74, 6) is 0.835. The van der Waals surface area contributed by atoms with E-state index in [1.807, 2.05) is 0 Å². The van der Waals surface area contributed by atoms with Gasteiger partial charge in [0.05, 0.1) is 13.4 Å². The predicted molar refractivity (Wildman–Crippen MR) is 86.9 cm³/mol. The number of unbranched alkanes of at least 4 members (excludes halogenated alkanes) is 12. The van der Waals surface area contributed by atoms with Gasteiger partial charge in [0, 0.05) is 5.88 Å². The fourth-order valence-corrected chi connectivity index (χ4v) is 2.48. The Kier molecular flexibility index (Phi) is 17.7. The summed E-state index contributed by atoms with van der Waals surface area (Å²) in [6, 6.07) is 0. The van der Waals surface area contributed by atoms with Crippen molar-refractivity contribution in [1.29, 1.82) is 0 Å². The molecule has 1 nitrogen and oxygen atoms in total. The number of allylic oxidation sites excluding steroid dienone is 1. The Morgan fingerprint density at radius 3 is 1.53 bits per heavy atom. The van der Waals surface area contributed by atoms with Crippen LogP contribution in [-0.2, 0) is 4.74 Å². The summed E-state index contributed by atoms with van der Waals surface area (Å²) >= 11 is 5.65. The van der Waals surface area contributed by atoms with Gasteiger partial charge in [-0.05, 0) is 25.3 Å². The SMILES string of the molecule is COC=CCCCCCCCCCCCCCCCl. The minimum Gasteiger partial charge on any atom is -0.505 e. The third-order valence-corrected chi connectivity index (χ3v) is 3.75. The third kappa shape index (κ3) is 17.8. The number of hydrogen-bond acceptors (Lipinski definition) is 1. The van der Waals surface area contributed by atoms with Crippen LogP contribution < -0.4 is 0 Å². The van der Waals surface area contributed by atoms with Gasteiger partial charge in [0.2, 0.25) is 0 Å². The van der Waals surface area contributed by atoms with E-state index in [9.17, 15) is 0 Å². The Balaban J connectivity index is 2.93. The maximum absolute atomic E-state index is 5.65.